The lowest BCUT2D eigenvalue weighted by molar-refractivity contribution is 0.452. The van der Waals surface area contributed by atoms with Crippen molar-refractivity contribution in [3.05, 3.63) is 57.3 Å². The van der Waals surface area contributed by atoms with Crippen LogP contribution in [0.1, 0.15) is 48.4 Å². The molecule has 1 nitrogen and oxygen atoms in total. The first-order chi connectivity index (χ1) is 9.65. The fraction of sp³-hybridized carbons (Fsp3) is 0.444. The molecular formula is C18H23NS. The quantitative estimate of drug-likeness (QED) is 0.883. The Morgan fingerprint density at radius 3 is 2.70 bits per heavy atom. The minimum Gasteiger partial charge on any atom is -0.322 e. The number of nitrogens with two attached hydrogens (primary N) is 1. The Morgan fingerprint density at radius 2 is 1.95 bits per heavy atom. The molecule has 2 N–H and O–H groups in total. The van der Waals surface area contributed by atoms with Crippen LogP contribution in [0.5, 0.6) is 0 Å². The molecule has 1 aliphatic carbocycles. The summed E-state index contributed by atoms with van der Waals surface area (Å²) in [5.74, 6) is 0. The molecule has 1 unspecified atom stereocenters. The topological polar surface area (TPSA) is 26.0 Å². The van der Waals surface area contributed by atoms with Gasteiger partial charge in [0.2, 0.25) is 0 Å². The van der Waals surface area contributed by atoms with Crippen molar-refractivity contribution < 1.29 is 0 Å². The predicted molar refractivity (Wildman–Crippen MR) is 87.3 cm³/mol. The SMILES string of the molecule is CC(N)(CCc1ccsc1)c1ccc2c(c1)CCCC2. The first-order valence-corrected chi connectivity index (χ1v) is 8.52. The molecule has 20 heavy (non-hydrogen) atoms. The van der Waals surface area contributed by atoms with Crippen LogP contribution in [0, 0.1) is 0 Å². The average molecular weight is 285 g/mol. The van der Waals surface area contributed by atoms with Crippen molar-refractivity contribution in [3.8, 4) is 0 Å². The summed E-state index contributed by atoms with van der Waals surface area (Å²) in [5.41, 5.74) is 12.1. The molecular weight excluding hydrogens is 262 g/mol. The molecule has 1 aromatic carbocycles. The van der Waals surface area contributed by atoms with Crippen LogP contribution in [0.25, 0.3) is 0 Å². The van der Waals surface area contributed by atoms with E-state index in [0.29, 0.717) is 0 Å². The van der Waals surface area contributed by atoms with Crippen molar-refractivity contribution in [2.24, 2.45) is 5.73 Å². The summed E-state index contributed by atoms with van der Waals surface area (Å²) in [6, 6.07) is 9.12. The minimum absolute atomic E-state index is 0.228. The number of thiophene rings is 1. The molecule has 3 rings (SSSR count). The Kier molecular flexibility index (Phi) is 3.95. The third-order valence-corrected chi connectivity index (χ3v) is 5.25. The Hall–Kier alpha value is -1.12. The molecule has 1 aliphatic rings. The van der Waals surface area contributed by atoms with Gasteiger partial charge in [0.15, 0.2) is 0 Å². The van der Waals surface area contributed by atoms with E-state index < -0.39 is 0 Å². The van der Waals surface area contributed by atoms with E-state index in [4.69, 9.17) is 5.73 Å². The molecule has 1 aromatic heterocycles. The molecule has 0 bridgehead atoms. The van der Waals surface area contributed by atoms with Gasteiger partial charge in [-0.15, -0.1) is 0 Å². The van der Waals surface area contributed by atoms with Gasteiger partial charge in [-0.1, -0.05) is 18.2 Å². The van der Waals surface area contributed by atoms with Gasteiger partial charge in [-0.25, -0.2) is 0 Å². The van der Waals surface area contributed by atoms with Crippen LogP contribution in [0.3, 0.4) is 0 Å². The van der Waals surface area contributed by atoms with Gasteiger partial charge in [0.25, 0.3) is 0 Å². The zero-order valence-electron chi connectivity index (χ0n) is 12.2. The van der Waals surface area contributed by atoms with Crippen LogP contribution < -0.4 is 5.73 Å². The summed E-state index contributed by atoms with van der Waals surface area (Å²) in [6.07, 6.45) is 7.20. The molecule has 0 spiro atoms. The molecule has 0 radical (unpaired) electrons. The first-order valence-electron chi connectivity index (χ1n) is 7.57. The molecule has 2 heteroatoms. The number of hydrogen-bond donors (Lipinski definition) is 1. The van der Waals surface area contributed by atoms with Crippen LogP contribution in [0.15, 0.2) is 35.0 Å². The maximum atomic E-state index is 6.59. The Bertz CT molecular complexity index is 569. The van der Waals surface area contributed by atoms with Crippen molar-refractivity contribution in [1.82, 2.24) is 0 Å². The minimum atomic E-state index is -0.228. The largest absolute Gasteiger partial charge is 0.322 e. The molecule has 1 heterocycles. The summed E-state index contributed by atoms with van der Waals surface area (Å²) in [6.45, 7) is 2.17. The van der Waals surface area contributed by atoms with Gasteiger partial charge in [-0.2, -0.15) is 11.3 Å². The fourth-order valence-electron chi connectivity index (χ4n) is 3.07. The molecule has 1 atom stereocenters. The predicted octanol–water partition coefficient (Wildman–Crippen LogP) is 4.43. The summed E-state index contributed by atoms with van der Waals surface area (Å²) in [4.78, 5) is 0. The van der Waals surface area contributed by atoms with Crippen LogP contribution >= 0.6 is 11.3 Å². The Morgan fingerprint density at radius 1 is 1.15 bits per heavy atom. The Balaban J connectivity index is 1.76. The highest BCUT2D eigenvalue weighted by Gasteiger charge is 2.22. The molecule has 0 aliphatic heterocycles. The lowest BCUT2D eigenvalue weighted by Crippen LogP contribution is -2.33. The van der Waals surface area contributed by atoms with Gasteiger partial charge in [0.1, 0.15) is 0 Å². The zero-order valence-corrected chi connectivity index (χ0v) is 13.0. The van der Waals surface area contributed by atoms with E-state index in [0.717, 1.165) is 12.8 Å². The summed E-state index contributed by atoms with van der Waals surface area (Å²) in [7, 11) is 0. The number of fused-ring (bicyclic) bond motifs is 1. The van der Waals surface area contributed by atoms with Crippen molar-refractivity contribution in [2.45, 2.75) is 51.0 Å². The molecule has 106 valence electrons. The smallest absolute Gasteiger partial charge is 0.0384 e. The number of hydrogen-bond acceptors (Lipinski definition) is 2. The second-order valence-corrected chi connectivity index (χ2v) is 7.02. The van der Waals surface area contributed by atoms with Crippen LogP contribution in [-0.2, 0) is 24.8 Å². The third kappa shape index (κ3) is 2.97. The van der Waals surface area contributed by atoms with Gasteiger partial charge in [-0.05, 0) is 84.5 Å². The molecule has 0 saturated heterocycles. The maximum Gasteiger partial charge on any atom is 0.0384 e. The lowest BCUT2D eigenvalue weighted by atomic mass is 9.83. The molecule has 0 fully saturated rings. The van der Waals surface area contributed by atoms with E-state index in [2.05, 4.69) is 41.9 Å². The van der Waals surface area contributed by atoms with Crippen molar-refractivity contribution in [3.63, 3.8) is 0 Å². The van der Waals surface area contributed by atoms with Gasteiger partial charge in [-0.3, -0.25) is 0 Å². The maximum absolute atomic E-state index is 6.59. The van der Waals surface area contributed by atoms with E-state index in [9.17, 15) is 0 Å². The zero-order chi connectivity index (χ0) is 14.0. The second kappa shape index (κ2) is 5.71. The van der Waals surface area contributed by atoms with Gasteiger partial charge < -0.3 is 5.73 Å². The van der Waals surface area contributed by atoms with Gasteiger partial charge in [0.05, 0.1) is 0 Å². The normalized spacial score (nSPS) is 17.5. The third-order valence-electron chi connectivity index (χ3n) is 4.52. The standard InChI is InChI=1S/C18H23NS/c1-18(19,10-8-14-9-11-20-13-14)17-7-6-15-4-2-3-5-16(15)12-17/h6-7,9,11-13H,2-5,8,10,19H2,1H3. The van der Waals surface area contributed by atoms with Crippen LogP contribution in [0.4, 0.5) is 0 Å². The Labute approximate surface area is 125 Å². The summed E-state index contributed by atoms with van der Waals surface area (Å²) < 4.78 is 0. The number of benzene rings is 1. The van der Waals surface area contributed by atoms with E-state index >= 15 is 0 Å². The van der Waals surface area contributed by atoms with Crippen molar-refractivity contribution in [2.75, 3.05) is 0 Å². The molecule has 2 aromatic rings. The summed E-state index contributed by atoms with van der Waals surface area (Å²) in [5, 5.41) is 4.37. The van der Waals surface area contributed by atoms with E-state index in [1.165, 1.54) is 47.9 Å². The van der Waals surface area contributed by atoms with Crippen LogP contribution in [0.2, 0.25) is 0 Å². The van der Waals surface area contributed by atoms with E-state index in [1.54, 1.807) is 11.3 Å². The van der Waals surface area contributed by atoms with E-state index in [1.807, 2.05) is 0 Å². The monoisotopic (exact) mass is 285 g/mol. The van der Waals surface area contributed by atoms with Crippen LogP contribution in [-0.4, -0.2) is 0 Å². The number of aryl methyl sites for hydroxylation is 3. The van der Waals surface area contributed by atoms with Crippen molar-refractivity contribution >= 4 is 11.3 Å². The fourth-order valence-corrected chi connectivity index (χ4v) is 3.78. The lowest BCUT2D eigenvalue weighted by Gasteiger charge is -2.27. The van der Waals surface area contributed by atoms with Crippen molar-refractivity contribution in [1.29, 1.82) is 0 Å². The molecule has 0 saturated carbocycles. The van der Waals surface area contributed by atoms with Gasteiger partial charge >= 0.3 is 0 Å². The second-order valence-electron chi connectivity index (χ2n) is 6.24. The summed E-state index contributed by atoms with van der Waals surface area (Å²) >= 11 is 1.76. The first kappa shape index (κ1) is 13.8. The highest BCUT2D eigenvalue weighted by Crippen LogP contribution is 2.29. The van der Waals surface area contributed by atoms with E-state index in [-0.39, 0.29) is 5.54 Å². The average Bonchev–Trinajstić information content (AvgIpc) is 2.98. The highest BCUT2D eigenvalue weighted by atomic mass is 32.1. The molecule has 0 amide bonds. The number of rotatable bonds is 4. The van der Waals surface area contributed by atoms with Gasteiger partial charge in [0, 0.05) is 5.54 Å². The highest BCUT2D eigenvalue weighted by molar-refractivity contribution is 7.07.